The largest absolute Gasteiger partial charge is 0.333 e. The number of pyridine rings is 1. The third kappa shape index (κ3) is 2.74. The molecule has 6 heteroatoms. The Morgan fingerprint density at radius 2 is 2.04 bits per heavy atom. The van der Waals surface area contributed by atoms with Gasteiger partial charge in [-0.1, -0.05) is 0 Å². The monoisotopic (exact) mass is 415 g/mol. The summed E-state index contributed by atoms with van der Waals surface area (Å²) < 4.78 is 5.35. The molecule has 0 saturated heterocycles. The Bertz CT molecular complexity index is 972. The van der Waals surface area contributed by atoms with E-state index in [9.17, 15) is 0 Å². The van der Waals surface area contributed by atoms with Gasteiger partial charge in [-0.2, -0.15) is 0 Å². The maximum atomic E-state index is 4.76. The molecule has 114 valence electrons. The van der Waals surface area contributed by atoms with E-state index in [4.69, 9.17) is 4.98 Å². The molecule has 23 heavy (non-hydrogen) atoms. The lowest BCUT2D eigenvalue weighted by molar-refractivity contribution is 0.793. The van der Waals surface area contributed by atoms with E-state index >= 15 is 0 Å². The molecule has 0 amide bonds. The second-order valence-electron chi connectivity index (χ2n) is 5.44. The van der Waals surface area contributed by atoms with E-state index in [0.717, 1.165) is 34.5 Å². The predicted octanol–water partition coefficient (Wildman–Crippen LogP) is 3.48. The number of benzene rings is 1. The van der Waals surface area contributed by atoms with Gasteiger partial charge in [0.05, 0.1) is 23.9 Å². The molecule has 0 fully saturated rings. The van der Waals surface area contributed by atoms with Gasteiger partial charge < -0.3 is 9.13 Å². The van der Waals surface area contributed by atoms with Gasteiger partial charge in [0.25, 0.3) is 0 Å². The topological polar surface area (TPSA) is 48.5 Å². The summed E-state index contributed by atoms with van der Waals surface area (Å²) in [5.74, 6) is 0.932. The molecule has 0 N–H and O–H groups in total. The average Bonchev–Trinajstić information content (AvgIpc) is 3.16. The quantitative estimate of drug-likeness (QED) is 0.482. The van der Waals surface area contributed by atoms with Crippen molar-refractivity contribution in [2.24, 2.45) is 7.05 Å². The molecule has 4 rings (SSSR count). The van der Waals surface area contributed by atoms with Crippen molar-refractivity contribution in [2.45, 2.75) is 6.54 Å². The Balaban J connectivity index is 1.77. The molecule has 3 aromatic heterocycles. The Morgan fingerprint density at radius 1 is 1.13 bits per heavy atom. The first-order chi connectivity index (χ1) is 11.2. The van der Waals surface area contributed by atoms with Gasteiger partial charge in [0.1, 0.15) is 5.82 Å². The first-order valence-electron chi connectivity index (χ1n) is 7.23. The molecule has 4 aromatic rings. The number of rotatable bonds is 3. The number of aryl methyl sites for hydroxylation is 1. The zero-order valence-corrected chi connectivity index (χ0v) is 14.7. The van der Waals surface area contributed by atoms with Crippen molar-refractivity contribution in [3.63, 3.8) is 0 Å². The Kier molecular flexibility index (Phi) is 3.60. The SMILES string of the molecule is Cn1c(-c2cncc(Cn3ccnc3)c2)nc2ccc(I)cc21. The maximum absolute atomic E-state index is 4.76. The summed E-state index contributed by atoms with van der Waals surface area (Å²) in [6, 6.07) is 8.42. The number of imidazole rings is 2. The van der Waals surface area contributed by atoms with Gasteiger partial charge in [-0.25, -0.2) is 9.97 Å². The van der Waals surface area contributed by atoms with Gasteiger partial charge >= 0.3 is 0 Å². The fourth-order valence-corrected chi connectivity index (χ4v) is 3.18. The minimum Gasteiger partial charge on any atom is -0.333 e. The second kappa shape index (κ2) is 5.77. The van der Waals surface area contributed by atoms with Crippen molar-refractivity contribution >= 4 is 33.6 Å². The van der Waals surface area contributed by atoms with Crippen molar-refractivity contribution in [1.82, 2.24) is 24.1 Å². The first kappa shape index (κ1) is 14.4. The Labute approximate surface area is 147 Å². The Hall–Kier alpha value is -2.22. The highest BCUT2D eigenvalue weighted by Gasteiger charge is 2.11. The normalized spacial score (nSPS) is 11.2. The zero-order valence-electron chi connectivity index (χ0n) is 12.5. The molecule has 0 spiro atoms. The number of nitrogens with zero attached hydrogens (tertiary/aromatic N) is 5. The molecule has 0 unspecified atom stereocenters. The van der Waals surface area contributed by atoms with E-state index in [1.807, 2.05) is 36.5 Å². The smallest absolute Gasteiger partial charge is 0.142 e. The molecular weight excluding hydrogens is 401 g/mol. The highest BCUT2D eigenvalue weighted by atomic mass is 127. The number of fused-ring (bicyclic) bond motifs is 1. The van der Waals surface area contributed by atoms with Gasteiger partial charge in [0.2, 0.25) is 0 Å². The van der Waals surface area contributed by atoms with Crippen LogP contribution in [0.15, 0.2) is 55.4 Å². The van der Waals surface area contributed by atoms with Crippen molar-refractivity contribution in [3.8, 4) is 11.4 Å². The number of aromatic nitrogens is 5. The van der Waals surface area contributed by atoms with Crippen molar-refractivity contribution < 1.29 is 0 Å². The van der Waals surface area contributed by atoms with E-state index in [1.165, 1.54) is 3.57 Å². The van der Waals surface area contributed by atoms with E-state index in [-0.39, 0.29) is 0 Å². The van der Waals surface area contributed by atoms with Crippen LogP contribution in [0.2, 0.25) is 0 Å². The molecule has 5 nitrogen and oxygen atoms in total. The summed E-state index contributed by atoms with van der Waals surface area (Å²) in [5, 5.41) is 0. The molecule has 0 radical (unpaired) electrons. The van der Waals surface area contributed by atoms with Crippen LogP contribution in [0.25, 0.3) is 22.4 Å². The van der Waals surface area contributed by atoms with Gasteiger partial charge in [0.15, 0.2) is 0 Å². The van der Waals surface area contributed by atoms with Crippen LogP contribution in [0.3, 0.4) is 0 Å². The van der Waals surface area contributed by atoms with E-state index in [1.54, 1.807) is 6.20 Å². The predicted molar refractivity (Wildman–Crippen MR) is 98.0 cm³/mol. The molecule has 0 aliphatic rings. The Morgan fingerprint density at radius 3 is 2.87 bits per heavy atom. The molecular formula is C17H14IN5. The van der Waals surface area contributed by atoms with Crippen LogP contribution in [0.4, 0.5) is 0 Å². The van der Waals surface area contributed by atoms with E-state index in [0.29, 0.717) is 0 Å². The number of hydrogen-bond acceptors (Lipinski definition) is 3. The summed E-state index contributed by atoms with van der Waals surface area (Å²) >= 11 is 2.32. The summed E-state index contributed by atoms with van der Waals surface area (Å²) in [6.07, 6.45) is 9.29. The molecule has 1 aromatic carbocycles. The van der Waals surface area contributed by atoms with Crippen LogP contribution >= 0.6 is 22.6 Å². The minimum absolute atomic E-state index is 0.753. The summed E-state index contributed by atoms with van der Waals surface area (Å²) in [7, 11) is 2.04. The molecule has 0 bridgehead atoms. The van der Waals surface area contributed by atoms with Gasteiger partial charge in [-0.15, -0.1) is 0 Å². The second-order valence-corrected chi connectivity index (χ2v) is 6.69. The molecule has 3 heterocycles. The highest BCUT2D eigenvalue weighted by Crippen LogP contribution is 2.25. The van der Waals surface area contributed by atoms with Crippen LogP contribution in [0, 0.1) is 3.57 Å². The molecule has 0 saturated carbocycles. The van der Waals surface area contributed by atoms with Crippen molar-refractivity contribution in [3.05, 3.63) is 64.5 Å². The van der Waals surface area contributed by atoms with Crippen LogP contribution in [0.5, 0.6) is 0 Å². The average molecular weight is 415 g/mol. The van der Waals surface area contributed by atoms with Crippen LogP contribution in [-0.4, -0.2) is 24.1 Å². The van der Waals surface area contributed by atoms with Crippen LogP contribution in [0.1, 0.15) is 5.56 Å². The van der Waals surface area contributed by atoms with Crippen LogP contribution in [-0.2, 0) is 13.6 Å². The first-order valence-corrected chi connectivity index (χ1v) is 8.30. The minimum atomic E-state index is 0.753. The zero-order chi connectivity index (χ0) is 15.8. The van der Waals surface area contributed by atoms with Crippen LogP contribution < -0.4 is 0 Å². The summed E-state index contributed by atoms with van der Waals surface area (Å²) in [5.41, 5.74) is 4.29. The van der Waals surface area contributed by atoms with E-state index in [2.05, 4.69) is 61.4 Å². The summed E-state index contributed by atoms with van der Waals surface area (Å²) in [6.45, 7) is 0.753. The van der Waals surface area contributed by atoms with Gasteiger partial charge in [-0.3, -0.25) is 4.98 Å². The van der Waals surface area contributed by atoms with Gasteiger partial charge in [0, 0.05) is 41.0 Å². The number of halogens is 1. The number of hydrogen-bond donors (Lipinski definition) is 0. The van der Waals surface area contributed by atoms with Crippen molar-refractivity contribution in [2.75, 3.05) is 0 Å². The molecule has 0 atom stereocenters. The van der Waals surface area contributed by atoms with Crippen molar-refractivity contribution in [1.29, 1.82) is 0 Å². The lowest BCUT2D eigenvalue weighted by Crippen LogP contribution is -1.99. The fraction of sp³-hybridized carbons (Fsp3) is 0.118. The molecule has 0 aliphatic heterocycles. The molecule has 0 aliphatic carbocycles. The maximum Gasteiger partial charge on any atom is 0.142 e. The van der Waals surface area contributed by atoms with Gasteiger partial charge in [-0.05, 0) is 52.4 Å². The lowest BCUT2D eigenvalue weighted by atomic mass is 10.2. The van der Waals surface area contributed by atoms with E-state index < -0.39 is 0 Å². The summed E-state index contributed by atoms with van der Waals surface area (Å²) in [4.78, 5) is 13.2. The highest BCUT2D eigenvalue weighted by molar-refractivity contribution is 14.1. The third-order valence-corrected chi connectivity index (χ3v) is 4.49. The lowest BCUT2D eigenvalue weighted by Gasteiger charge is -2.06. The third-order valence-electron chi connectivity index (χ3n) is 3.82. The fourth-order valence-electron chi connectivity index (χ4n) is 2.71. The standard InChI is InChI=1S/C17H14IN5/c1-22-16-7-14(18)2-3-15(16)21-17(22)13-6-12(8-20-9-13)10-23-5-4-19-11-23/h2-9,11H,10H2,1H3.